The zero-order valence-electron chi connectivity index (χ0n) is 16.7. The fraction of sp³-hybridized carbons (Fsp3) is 0.750. The van der Waals surface area contributed by atoms with Gasteiger partial charge in [0.1, 0.15) is 12.4 Å². The number of imidazole rings is 1. The van der Waals surface area contributed by atoms with Gasteiger partial charge < -0.3 is 4.55 Å². The van der Waals surface area contributed by atoms with Gasteiger partial charge in [-0.1, -0.05) is 77.7 Å². The van der Waals surface area contributed by atoms with Crippen molar-refractivity contribution in [3.8, 4) is 0 Å². The Morgan fingerprint density at radius 2 is 1.38 bits per heavy atom. The van der Waals surface area contributed by atoms with E-state index in [9.17, 15) is 0 Å². The molecule has 0 atom stereocenters. The predicted molar refractivity (Wildman–Crippen MR) is 108 cm³/mol. The van der Waals surface area contributed by atoms with Gasteiger partial charge in [0.05, 0.1) is 22.9 Å². The molecule has 26 heavy (non-hydrogen) atoms. The highest BCUT2D eigenvalue weighted by Gasteiger charge is 2.00. The molecular formula is C20H38N2O3S. The molecule has 6 heteroatoms. The molecule has 0 aliphatic rings. The van der Waals surface area contributed by atoms with Gasteiger partial charge in [-0.3, -0.25) is 0 Å². The highest BCUT2D eigenvalue weighted by molar-refractivity contribution is 7.84. The van der Waals surface area contributed by atoms with Crippen molar-refractivity contribution in [3.63, 3.8) is 0 Å². The Labute approximate surface area is 160 Å². The number of nitrogens with zero attached hydrogens (tertiary/aromatic N) is 2. The van der Waals surface area contributed by atoms with Crippen molar-refractivity contribution >= 4 is 16.3 Å². The van der Waals surface area contributed by atoms with Crippen LogP contribution in [0.25, 0.3) is 6.20 Å². The van der Waals surface area contributed by atoms with Crippen molar-refractivity contribution < 1.29 is 17.5 Å². The van der Waals surface area contributed by atoms with Gasteiger partial charge in [-0.25, -0.2) is 17.6 Å². The van der Waals surface area contributed by atoms with E-state index in [-0.39, 0.29) is 0 Å². The molecule has 1 rings (SSSR count). The molecule has 0 bridgehead atoms. The standard InChI is InChI=1S/C19H35N2.CH4O3S/c1-3-5-6-7-8-9-10-11-12-13-14-15-16-21-18-17-20(4-2)19-21;1-5(2,3)4/h4,17-19H,2-3,5-16H2,1H3;1H3,(H,2,3,4)/q+1;/p-1. The quantitative estimate of drug-likeness (QED) is 0.263. The molecule has 0 aliphatic heterocycles. The lowest BCUT2D eigenvalue weighted by Gasteiger charge is -2.02. The van der Waals surface area contributed by atoms with E-state index in [1.54, 1.807) is 0 Å². The average Bonchev–Trinajstić information content (AvgIpc) is 3.02. The first-order valence-corrected chi connectivity index (χ1v) is 11.8. The summed E-state index contributed by atoms with van der Waals surface area (Å²) in [5.74, 6) is 0. The van der Waals surface area contributed by atoms with Crippen LogP contribution in [0.5, 0.6) is 0 Å². The number of hydrogen-bond donors (Lipinski definition) is 0. The minimum absolute atomic E-state index is 0.604. The van der Waals surface area contributed by atoms with Gasteiger partial charge in [-0.15, -0.1) is 0 Å². The number of aryl methyl sites for hydroxylation is 1. The summed E-state index contributed by atoms with van der Waals surface area (Å²) in [5.41, 5.74) is 0. The summed E-state index contributed by atoms with van der Waals surface area (Å²) in [7, 11) is -3.92. The Morgan fingerprint density at radius 1 is 0.962 bits per heavy atom. The van der Waals surface area contributed by atoms with Gasteiger partial charge in [0.2, 0.25) is 6.33 Å². The summed E-state index contributed by atoms with van der Waals surface area (Å²) in [6.07, 6.45) is 25.7. The Morgan fingerprint density at radius 3 is 1.77 bits per heavy atom. The summed E-state index contributed by atoms with van der Waals surface area (Å²) < 4.78 is 31.5. The zero-order valence-corrected chi connectivity index (χ0v) is 17.6. The van der Waals surface area contributed by atoms with Crippen LogP contribution in [0.3, 0.4) is 0 Å². The third-order valence-electron chi connectivity index (χ3n) is 4.19. The lowest BCUT2D eigenvalue weighted by Crippen LogP contribution is -2.30. The maximum atomic E-state index is 9.08. The van der Waals surface area contributed by atoms with Crippen molar-refractivity contribution in [2.45, 2.75) is 90.5 Å². The van der Waals surface area contributed by atoms with E-state index < -0.39 is 10.1 Å². The summed E-state index contributed by atoms with van der Waals surface area (Å²) in [5, 5.41) is 0. The molecular weight excluding hydrogens is 348 g/mol. The van der Waals surface area contributed by atoms with Crippen molar-refractivity contribution in [3.05, 3.63) is 25.3 Å². The van der Waals surface area contributed by atoms with E-state index in [4.69, 9.17) is 13.0 Å². The molecule has 0 aliphatic carbocycles. The zero-order chi connectivity index (χ0) is 19.7. The molecule has 0 aromatic carbocycles. The van der Waals surface area contributed by atoms with Gasteiger partial charge in [0.15, 0.2) is 0 Å². The third-order valence-corrected chi connectivity index (χ3v) is 4.19. The Kier molecular flexibility index (Phi) is 15.4. The summed E-state index contributed by atoms with van der Waals surface area (Å²) >= 11 is 0. The predicted octanol–water partition coefficient (Wildman–Crippen LogP) is 4.74. The molecule has 1 aromatic rings. The SMILES string of the molecule is C=Cn1cc[n+](CCCCCCCCCCCCCC)c1.CS(=O)(=O)[O-]. The van der Waals surface area contributed by atoms with Crippen LogP contribution in [-0.4, -0.2) is 23.8 Å². The van der Waals surface area contributed by atoms with Crippen molar-refractivity contribution in [2.75, 3.05) is 6.26 Å². The number of hydrogen-bond acceptors (Lipinski definition) is 3. The molecule has 0 spiro atoms. The molecule has 152 valence electrons. The molecule has 5 nitrogen and oxygen atoms in total. The molecule has 0 saturated carbocycles. The van der Waals surface area contributed by atoms with Crippen LogP contribution in [0.2, 0.25) is 0 Å². The van der Waals surface area contributed by atoms with Gasteiger partial charge >= 0.3 is 0 Å². The first-order valence-electron chi connectivity index (χ1n) is 9.96. The van der Waals surface area contributed by atoms with E-state index in [1.165, 1.54) is 77.0 Å². The van der Waals surface area contributed by atoms with Crippen LogP contribution in [0.1, 0.15) is 84.0 Å². The Hall–Kier alpha value is -1.14. The second kappa shape index (κ2) is 16.1. The molecule has 0 saturated heterocycles. The largest absolute Gasteiger partial charge is 0.748 e. The second-order valence-electron chi connectivity index (χ2n) is 6.87. The molecule has 1 heterocycles. The summed E-state index contributed by atoms with van der Waals surface area (Å²) in [4.78, 5) is 0. The lowest BCUT2D eigenvalue weighted by molar-refractivity contribution is -0.696. The van der Waals surface area contributed by atoms with Gasteiger partial charge in [0.25, 0.3) is 0 Å². The molecule has 0 N–H and O–H groups in total. The minimum atomic E-state index is -3.92. The number of unbranched alkanes of at least 4 members (excludes halogenated alkanes) is 11. The van der Waals surface area contributed by atoms with Crippen LogP contribution in [-0.2, 0) is 16.7 Å². The minimum Gasteiger partial charge on any atom is -0.748 e. The fourth-order valence-electron chi connectivity index (χ4n) is 2.79. The average molecular weight is 387 g/mol. The molecule has 0 unspecified atom stereocenters. The third kappa shape index (κ3) is 19.2. The first kappa shape index (κ1) is 24.9. The Bertz CT molecular complexity index is 545. The number of aromatic nitrogens is 2. The molecule has 1 aromatic heterocycles. The Balaban J connectivity index is 0.00000110. The van der Waals surface area contributed by atoms with E-state index in [0.717, 1.165) is 6.54 Å². The van der Waals surface area contributed by atoms with Crippen LogP contribution in [0, 0.1) is 0 Å². The van der Waals surface area contributed by atoms with Crippen molar-refractivity contribution in [2.24, 2.45) is 0 Å². The smallest absolute Gasteiger partial charge is 0.248 e. The van der Waals surface area contributed by atoms with Crippen molar-refractivity contribution in [1.29, 1.82) is 0 Å². The summed E-state index contributed by atoms with van der Waals surface area (Å²) in [6.45, 7) is 7.18. The monoisotopic (exact) mass is 386 g/mol. The highest BCUT2D eigenvalue weighted by atomic mass is 32.2. The summed E-state index contributed by atoms with van der Waals surface area (Å²) in [6, 6.07) is 0. The molecule has 0 amide bonds. The fourth-order valence-corrected chi connectivity index (χ4v) is 2.79. The van der Waals surface area contributed by atoms with E-state index in [0.29, 0.717) is 6.26 Å². The maximum Gasteiger partial charge on any atom is 0.248 e. The van der Waals surface area contributed by atoms with E-state index in [1.807, 2.05) is 17.0 Å². The number of rotatable bonds is 14. The van der Waals surface area contributed by atoms with Gasteiger partial charge in [0, 0.05) is 6.26 Å². The van der Waals surface area contributed by atoms with Crippen LogP contribution < -0.4 is 4.57 Å². The van der Waals surface area contributed by atoms with E-state index >= 15 is 0 Å². The van der Waals surface area contributed by atoms with Gasteiger partial charge in [-0.05, 0) is 12.8 Å². The van der Waals surface area contributed by atoms with Crippen LogP contribution in [0.4, 0.5) is 0 Å². The van der Waals surface area contributed by atoms with Gasteiger partial charge in [-0.2, -0.15) is 0 Å². The van der Waals surface area contributed by atoms with E-state index in [2.05, 4.69) is 30.6 Å². The lowest BCUT2D eigenvalue weighted by atomic mass is 10.1. The molecule has 0 fully saturated rings. The normalized spacial score (nSPS) is 11.0. The van der Waals surface area contributed by atoms with Crippen LogP contribution >= 0.6 is 0 Å². The van der Waals surface area contributed by atoms with Crippen molar-refractivity contribution in [1.82, 2.24) is 4.57 Å². The topological polar surface area (TPSA) is 66.0 Å². The maximum absolute atomic E-state index is 9.08. The first-order chi connectivity index (χ1) is 12.4. The van der Waals surface area contributed by atoms with Crippen LogP contribution in [0.15, 0.2) is 25.3 Å². The molecule has 0 radical (unpaired) electrons. The highest BCUT2D eigenvalue weighted by Crippen LogP contribution is 2.11. The second-order valence-corrected chi connectivity index (χ2v) is 8.28.